The SMILES string of the molecule is CC(C)c1cccc(CCC(F)(F)F)c1O. The number of halogens is 3. The first-order chi connectivity index (χ1) is 7.31. The molecule has 0 unspecified atom stereocenters. The van der Waals surface area contributed by atoms with Crippen molar-refractivity contribution in [2.24, 2.45) is 0 Å². The van der Waals surface area contributed by atoms with E-state index in [1.807, 2.05) is 13.8 Å². The molecule has 0 fully saturated rings. The Morgan fingerprint density at radius 1 is 1.25 bits per heavy atom. The lowest BCUT2D eigenvalue weighted by Crippen LogP contribution is -2.08. The van der Waals surface area contributed by atoms with Gasteiger partial charge in [0.05, 0.1) is 0 Å². The van der Waals surface area contributed by atoms with Crippen molar-refractivity contribution in [2.75, 3.05) is 0 Å². The van der Waals surface area contributed by atoms with Crippen molar-refractivity contribution in [3.05, 3.63) is 29.3 Å². The maximum absolute atomic E-state index is 12.1. The van der Waals surface area contributed by atoms with E-state index >= 15 is 0 Å². The third kappa shape index (κ3) is 3.43. The van der Waals surface area contributed by atoms with Gasteiger partial charge in [0.15, 0.2) is 0 Å². The third-order valence-corrected chi connectivity index (χ3v) is 2.45. The second kappa shape index (κ2) is 4.76. The van der Waals surface area contributed by atoms with E-state index < -0.39 is 12.6 Å². The van der Waals surface area contributed by atoms with Gasteiger partial charge < -0.3 is 5.11 Å². The van der Waals surface area contributed by atoms with Gasteiger partial charge in [0.2, 0.25) is 0 Å². The number of benzene rings is 1. The summed E-state index contributed by atoms with van der Waals surface area (Å²) in [6, 6.07) is 4.95. The number of alkyl halides is 3. The molecule has 16 heavy (non-hydrogen) atoms. The summed E-state index contributed by atoms with van der Waals surface area (Å²) >= 11 is 0. The summed E-state index contributed by atoms with van der Waals surface area (Å²) in [7, 11) is 0. The highest BCUT2D eigenvalue weighted by Gasteiger charge is 2.27. The van der Waals surface area contributed by atoms with Gasteiger partial charge in [-0.25, -0.2) is 0 Å². The van der Waals surface area contributed by atoms with Crippen LogP contribution in [-0.4, -0.2) is 11.3 Å². The molecule has 0 aliphatic heterocycles. The van der Waals surface area contributed by atoms with Crippen molar-refractivity contribution in [3.63, 3.8) is 0 Å². The van der Waals surface area contributed by atoms with Crippen LogP contribution in [0, 0.1) is 0 Å². The first-order valence-electron chi connectivity index (χ1n) is 5.19. The Balaban J connectivity index is 2.85. The van der Waals surface area contributed by atoms with Crippen LogP contribution in [-0.2, 0) is 6.42 Å². The lowest BCUT2D eigenvalue weighted by Gasteiger charge is -2.13. The van der Waals surface area contributed by atoms with Crippen LogP contribution in [0.2, 0.25) is 0 Å². The van der Waals surface area contributed by atoms with E-state index in [0.717, 1.165) is 0 Å². The molecule has 90 valence electrons. The number of aromatic hydroxyl groups is 1. The Morgan fingerprint density at radius 3 is 2.38 bits per heavy atom. The molecule has 0 saturated carbocycles. The number of phenolic OH excluding ortho intramolecular Hbond substituents is 1. The zero-order chi connectivity index (χ0) is 12.3. The van der Waals surface area contributed by atoms with Gasteiger partial charge in [0.25, 0.3) is 0 Å². The van der Waals surface area contributed by atoms with Crippen LogP contribution < -0.4 is 0 Å². The summed E-state index contributed by atoms with van der Waals surface area (Å²) in [5.41, 5.74) is 1.06. The Bertz CT molecular complexity index is 356. The minimum absolute atomic E-state index is 0.00162. The fraction of sp³-hybridized carbons (Fsp3) is 0.500. The zero-order valence-electron chi connectivity index (χ0n) is 9.30. The quantitative estimate of drug-likeness (QED) is 0.834. The topological polar surface area (TPSA) is 20.2 Å². The van der Waals surface area contributed by atoms with E-state index in [-0.39, 0.29) is 18.1 Å². The summed E-state index contributed by atoms with van der Waals surface area (Å²) in [4.78, 5) is 0. The second-order valence-corrected chi connectivity index (χ2v) is 4.12. The molecule has 0 atom stereocenters. The number of aryl methyl sites for hydroxylation is 1. The summed E-state index contributed by atoms with van der Waals surface area (Å²) in [5, 5.41) is 9.79. The lowest BCUT2D eigenvalue weighted by molar-refractivity contribution is -0.134. The molecular formula is C12H15F3O. The van der Waals surface area contributed by atoms with Gasteiger partial charge in [0.1, 0.15) is 5.75 Å². The van der Waals surface area contributed by atoms with Crippen molar-refractivity contribution in [2.45, 2.75) is 38.8 Å². The van der Waals surface area contributed by atoms with Crippen LogP contribution in [0.5, 0.6) is 5.75 Å². The molecule has 4 heteroatoms. The molecular weight excluding hydrogens is 217 g/mol. The average molecular weight is 232 g/mol. The fourth-order valence-corrected chi connectivity index (χ4v) is 1.56. The summed E-state index contributed by atoms with van der Waals surface area (Å²) in [6.07, 6.45) is -5.25. The number of hydrogen-bond donors (Lipinski definition) is 1. The Labute approximate surface area is 92.9 Å². The number of phenols is 1. The van der Waals surface area contributed by atoms with Gasteiger partial charge in [-0.3, -0.25) is 0 Å². The lowest BCUT2D eigenvalue weighted by atomic mass is 9.97. The largest absolute Gasteiger partial charge is 0.507 e. The van der Waals surface area contributed by atoms with Crippen molar-refractivity contribution < 1.29 is 18.3 Å². The van der Waals surface area contributed by atoms with Crippen molar-refractivity contribution >= 4 is 0 Å². The van der Waals surface area contributed by atoms with Gasteiger partial charge >= 0.3 is 6.18 Å². The predicted octanol–water partition coefficient (Wildman–Crippen LogP) is 4.01. The molecule has 0 heterocycles. The fourth-order valence-electron chi connectivity index (χ4n) is 1.56. The molecule has 1 aromatic carbocycles. The van der Waals surface area contributed by atoms with Gasteiger partial charge in [0, 0.05) is 6.42 Å². The molecule has 0 aliphatic rings. The average Bonchev–Trinajstić information content (AvgIpc) is 2.14. The van der Waals surface area contributed by atoms with Crippen LogP contribution in [0.15, 0.2) is 18.2 Å². The van der Waals surface area contributed by atoms with Gasteiger partial charge in [-0.1, -0.05) is 32.0 Å². The van der Waals surface area contributed by atoms with Gasteiger partial charge in [-0.2, -0.15) is 13.2 Å². The van der Waals surface area contributed by atoms with E-state index in [1.165, 1.54) is 6.07 Å². The third-order valence-electron chi connectivity index (χ3n) is 2.45. The first-order valence-corrected chi connectivity index (χ1v) is 5.19. The number of rotatable bonds is 3. The molecule has 1 aromatic rings. The highest BCUT2D eigenvalue weighted by molar-refractivity contribution is 5.42. The van der Waals surface area contributed by atoms with Crippen LogP contribution in [0.1, 0.15) is 37.3 Å². The number of hydrogen-bond acceptors (Lipinski definition) is 1. The monoisotopic (exact) mass is 232 g/mol. The van der Waals surface area contributed by atoms with Crippen LogP contribution >= 0.6 is 0 Å². The summed E-state index contributed by atoms with van der Waals surface area (Å²) < 4.78 is 36.2. The molecule has 1 rings (SSSR count). The standard InChI is InChI=1S/C12H15F3O/c1-8(2)10-5-3-4-9(11(10)16)6-7-12(13,14)15/h3-5,8,16H,6-7H2,1-2H3. The second-order valence-electron chi connectivity index (χ2n) is 4.12. The maximum Gasteiger partial charge on any atom is 0.389 e. The van der Waals surface area contributed by atoms with E-state index in [0.29, 0.717) is 11.1 Å². The van der Waals surface area contributed by atoms with Crippen molar-refractivity contribution in [1.29, 1.82) is 0 Å². The van der Waals surface area contributed by atoms with E-state index in [9.17, 15) is 18.3 Å². The molecule has 0 amide bonds. The minimum atomic E-state index is -4.18. The van der Waals surface area contributed by atoms with Crippen molar-refractivity contribution in [1.82, 2.24) is 0 Å². The molecule has 0 aromatic heterocycles. The number of para-hydroxylation sites is 1. The first kappa shape index (κ1) is 12.9. The highest BCUT2D eigenvalue weighted by Crippen LogP contribution is 2.31. The van der Waals surface area contributed by atoms with Crippen LogP contribution in [0.25, 0.3) is 0 Å². The molecule has 0 aliphatic carbocycles. The Hall–Kier alpha value is -1.19. The minimum Gasteiger partial charge on any atom is -0.507 e. The smallest absolute Gasteiger partial charge is 0.389 e. The van der Waals surface area contributed by atoms with E-state index in [4.69, 9.17) is 0 Å². The molecule has 1 nitrogen and oxygen atoms in total. The molecule has 0 radical (unpaired) electrons. The molecule has 0 bridgehead atoms. The van der Waals surface area contributed by atoms with Gasteiger partial charge in [-0.05, 0) is 23.5 Å². The highest BCUT2D eigenvalue weighted by atomic mass is 19.4. The Kier molecular flexibility index (Phi) is 3.83. The van der Waals surface area contributed by atoms with E-state index in [1.54, 1.807) is 12.1 Å². The summed E-state index contributed by atoms with van der Waals surface area (Å²) in [5.74, 6) is 0.104. The summed E-state index contributed by atoms with van der Waals surface area (Å²) in [6.45, 7) is 3.78. The zero-order valence-corrected chi connectivity index (χ0v) is 9.30. The van der Waals surface area contributed by atoms with E-state index in [2.05, 4.69) is 0 Å². The maximum atomic E-state index is 12.1. The van der Waals surface area contributed by atoms with Crippen molar-refractivity contribution in [3.8, 4) is 5.75 Å². The normalized spacial score (nSPS) is 12.1. The molecule has 0 spiro atoms. The van der Waals surface area contributed by atoms with Crippen LogP contribution in [0.4, 0.5) is 13.2 Å². The van der Waals surface area contributed by atoms with Crippen LogP contribution in [0.3, 0.4) is 0 Å². The predicted molar refractivity (Wildman–Crippen MR) is 56.6 cm³/mol. The molecule has 0 saturated heterocycles. The van der Waals surface area contributed by atoms with Gasteiger partial charge in [-0.15, -0.1) is 0 Å². The Morgan fingerprint density at radius 2 is 1.88 bits per heavy atom. The molecule has 1 N–H and O–H groups in total.